The maximum atomic E-state index is 2.71. The Morgan fingerprint density at radius 3 is 2.12 bits per heavy atom. The van der Waals surface area contributed by atoms with Gasteiger partial charge in [-0.2, -0.15) is 0 Å². The first-order chi connectivity index (χ1) is 15.3. The third-order valence-corrected chi connectivity index (χ3v) is 8.42. The smallest absolute Gasteiger partial charge is 0.0406 e. The van der Waals surface area contributed by atoms with Gasteiger partial charge in [-0.1, -0.05) is 47.5 Å². The molecule has 4 rings (SSSR count). The Balaban J connectivity index is 0.00000306. The molecule has 2 saturated heterocycles. The van der Waals surface area contributed by atoms with E-state index in [1.807, 2.05) is 0 Å². The average Bonchev–Trinajstić information content (AvgIpc) is 3.02. The van der Waals surface area contributed by atoms with Gasteiger partial charge < -0.3 is 9.80 Å². The lowest BCUT2D eigenvalue weighted by Gasteiger charge is -2.48. The van der Waals surface area contributed by atoms with Crippen LogP contribution >= 0.6 is 12.4 Å². The van der Waals surface area contributed by atoms with Crippen LogP contribution in [0.25, 0.3) is 0 Å². The molecule has 4 heteroatoms. The summed E-state index contributed by atoms with van der Waals surface area (Å²) in [5.41, 5.74) is 5.34. The fourth-order valence-electron chi connectivity index (χ4n) is 7.53. The maximum absolute atomic E-state index is 2.71. The van der Waals surface area contributed by atoms with Crippen molar-refractivity contribution in [1.82, 2.24) is 4.90 Å². The van der Waals surface area contributed by atoms with Gasteiger partial charge in [0.05, 0.1) is 0 Å². The highest BCUT2D eigenvalue weighted by Crippen LogP contribution is 2.52. The monoisotopic (exact) mass is 475 g/mol. The van der Waals surface area contributed by atoms with Gasteiger partial charge in [0.1, 0.15) is 0 Å². The van der Waals surface area contributed by atoms with Gasteiger partial charge in [-0.3, -0.25) is 4.90 Å². The molecular formula is C29H50ClN3. The molecule has 0 aromatic heterocycles. The SMILES string of the molecule is CCCN1CCN(c2ccc(N3CCCCCC3)cc2C2(C)CC(C)CC(C)(C)C2)CC1.Cl. The minimum absolute atomic E-state index is 0. The molecule has 1 aliphatic carbocycles. The van der Waals surface area contributed by atoms with Gasteiger partial charge in [-0.25, -0.2) is 0 Å². The Labute approximate surface area is 210 Å². The van der Waals surface area contributed by atoms with Gasteiger partial charge in [0.2, 0.25) is 0 Å². The summed E-state index contributed by atoms with van der Waals surface area (Å²) < 4.78 is 0. The van der Waals surface area contributed by atoms with Crippen LogP contribution in [0.4, 0.5) is 11.4 Å². The largest absolute Gasteiger partial charge is 0.372 e. The van der Waals surface area contributed by atoms with E-state index in [-0.39, 0.29) is 17.8 Å². The molecule has 0 radical (unpaired) electrons. The first kappa shape index (κ1) is 26.7. The molecule has 1 aromatic rings. The highest BCUT2D eigenvalue weighted by molar-refractivity contribution is 5.85. The van der Waals surface area contributed by atoms with Gasteiger partial charge in [0, 0.05) is 50.6 Å². The van der Waals surface area contributed by atoms with Crippen molar-refractivity contribution in [3.05, 3.63) is 23.8 Å². The summed E-state index contributed by atoms with van der Waals surface area (Å²) in [5, 5.41) is 0. The van der Waals surface area contributed by atoms with Crippen LogP contribution in [-0.2, 0) is 5.41 Å². The second-order valence-electron chi connectivity index (χ2n) is 12.3. The standard InChI is InChI=1S/C29H49N3.ClH/c1-6-13-30-16-18-32(19-17-30)27-12-11-25(31-14-9-7-8-10-15-31)20-26(27)29(5)22-24(2)21-28(3,4)23-29;/h11-12,20,24H,6-10,13-19,21-23H2,1-5H3;1H. The van der Waals surface area contributed by atoms with E-state index in [9.17, 15) is 0 Å². The topological polar surface area (TPSA) is 9.72 Å². The molecule has 0 bridgehead atoms. The predicted octanol–water partition coefficient (Wildman–Crippen LogP) is 7.12. The van der Waals surface area contributed by atoms with E-state index in [0.717, 1.165) is 5.92 Å². The van der Waals surface area contributed by atoms with Crippen LogP contribution in [0.15, 0.2) is 18.2 Å². The Morgan fingerprint density at radius 2 is 1.52 bits per heavy atom. The molecule has 1 aromatic carbocycles. The van der Waals surface area contributed by atoms with Crippen molar-refractivity contribution < 1.29 is 0 Å². The number of nitrogens with zero attached hydrogens (tertiary/aromatic N) is 3. The number of anilines is 2. The number of halogens is 1. The zero-order valence-electron chi connectivity index (χ0n) is 22.2. The van der Waals surface area contributed by atoms with Gasteiger partial charge in [-0.05, 0) is 85.6 Å². The second-order valence-corrected chi connectivity index (χ2v) is 12.3. The normalized spacial score (nSPS) is 28.8. The minimum Gasteiger partial charge on any atom is -0.372 e. The molecule has 2 atom stereocenters. The van der Waals surface area contributed by atoms with Crippen molar-refractivity contribution in [3.8, 4) is 0 Å². The third kappa shape index (κ3) is 6.40. The van der Waals surface area contributed by atoms with Crippen LogP contribution in [0, 0.1) is 11.3 Å². The molecule has 1 saturated carbocycles. The Hall–Kier alpha value is -0.930. The summed E-state index contributed by atoms with van der Waals surface area (Å²) in [6, 6.07) is 7.58. The summed E-state index contributed by atoms with van der Waals surface area (Å²) in [7, 11) is 0. The van der Waals surface area contributed by atoms with Crippen molar-refractivity contribution in [1.29, 1.82) is 0 Å². The van der Waals surface area contributed by atoms with Gasteiger partial charge in [0.15, 0.2) is 0 Å². The molecule has 0 amide bonds. The summed E-state index contributed by atoms with van der Waals surface area (Å²) in [6.07, 6.45) is 10.7. The van der Waals surface area contributed by atoms with Crippen LogP contribution in [0.1, 0.15) is 91.5 Å². The molecule has 188 valence electrons. The van der Waals surface area contributed by atoms with Crippen LogP contribution in [0.5, 0.6) is 0 Å². The lowest BCUT2D eigenvalue weighted by molar-refractivity contribution is 0.115. The van der Waals surface area contributed by atoms with Crippen molar-refractivity contribution in [3.63, 3.8) is 0 Å². The number of piperazine rings is 1. The molecule has 33 heavy (non-hydrogen) atoms. The molecule has 0 N–H and O–H groups in total. The Morgan fingerprint density at radius 1 is 0.848 bits per heavy atom. The maximum Gasteiger partial charge on any atom is 0.0406 e. The molecule has 3 fully saturated rings. The van der Waals surface area contributed by atoms with Crippen LogP contribution in [0.2, 0.25) is 0 Å². The fourth-order valence-corrected chi connectivity index (χ4v) is 7.53. The molecule has 3 aliphatic rings. The second kappa shape index (κ2) is 11.2. The third-order valence-electron chi connectivity index (χ3n) is 8.42. The van der Waals surface area contributed by atoms with Gasteiger partial charge in [0.25, 0.3) is 0 Å². The van der Waals surface area contributed by atoms with Gasteiger partial charge >= 0.3 is 0 Å². The number of hydrogen-bond acceptors (Lipinski definition) is 3. The molecule has 2 unspecified atom stereocenters. The fraction of sp³-hybridized carbons (Fsp3) is 0.793. The average molecular weight is 476 g/mol. The lowest BCUT2D eigenvalue weighted by atomic mass is 9.58. The number of hydrogen-bond donors (Lipinski definition) is 0. The van der Waals surface area contributed by atoms with E-state index in [0.29, 0.717) is 5.41 Å². The van der Waals surface area contributed by atoms with Crippen LogP contribution in [0.3, 0.4) is 0 Å². The molecule has 2 heterocycles. The van der Waals surface area contributed by atoms with E-state index < -0.39 is 0 Å². The molecule has 2 aliphatic heterocycles. The summed E-state index contributed by atoms with van der Waals surface area (Å²) >= 11 is 0. The quantitative estimate of drug-likeness (QED) is 0.448. The summed E-state index contributed by atoms with van der Waals surface area (Å²) in [6.45, 7) is 20.8. The highest BCUT2D eigenvalue weighted by atomic mass is 35.5. The molecule has 3 nitrogen and oxygen atoms in total. The number of benzene rings is 1. The van der Waals surface area contributed by atoms with E-state index in [4.69, 9.17) is 0 Å². The van der Waals surface area contributed by atoms with Crippen LogP contribution < -0.4 is 9.80 Å². The van der Waals surface area contributed by atoms with E-state index >= 15 is 0 Å². The summed E-state index contributed by atoms with van der Waals surface area (Å²) in [5.74, 6) is 0.792. The van der Waals surface area contributed by atoms with E-state index in [1.165, 1.54) is 109 Å². The predicted molar refractivity (Wildman–Crippen MR) is 147 cm³/mol. The first-order valence-corrected chi connectivity index (χ1v) is 13.7. The molecule has 0 spiro atoms. The zero-order chi connectivity index (χ0) is 22.8. The Kier molecular flexibility index (Phi) is 9.06. The van der Waals surface area contributed by atoms with E-state index in [1.54, 1.807) is 5.56 Å². The van der Waals surface area contributed by atoms with Crippen molar-refractivity contribution >= 4 is 23.8 Å². The Bertz CT molecular complexity index is 747. The minimum atomic E-state index is 0. The zero-order valence-corrected chi connectivity index (χ0v) is 23.0. The lowest BCUT2D eigenvalue weighted by Crippen LogP contribution is -2.47. The highest BCUT2D eigenvalue weighted by Gasteiger charge is 2.42. The number of rotatable bonds is 5. The summed E-state index contributed by atoms with van der Waals surface area (Å²) in [4.78, 5) is 8.04. The van der Waals surface area contributed by atoms with E-state index in [2.05, 4.69) is 67.5 Å². The van der Waals surface area contributed by atoms with Crippen LogP contribution in [-0.4, -0.2) is 50.7 Å². The molecular weight excluding hydrogens is 426 g/mol. The van der Waals surface area contributed by atoms with Crippen molar-refractivity contribution in [2.45, 2.75) is 91.4 Å². The van der Waals surface area contributed by atoms with Crippen molar-refractivity contribution in [2.24, 2.45) is 11.3 Å². The first-order valence-electron chi connectivity index (χ1n) is 13.7. The van der Waals surface area contributed by atoms with Crippen molar-refractivity contribution in [2.75, 3.05) is 55.6 Å². The van der Waals surface area contributed by atoms with Gasteiger partial charge in [-0.15, -0.1) is 12.4 Å².